The second kappa shape index (κ2) is 4.34. The first kappa shape index (κ1) is 13.3. The molecular formula is C19H30O. The van der Waals surface area contributed by atoms with Crippen LogP contribution in [0.25, 0.3) is 0 Å². The molecule has 0 spiro atoms. The van der Waals surface area contributed by atoms with Gasteiger partial charge in [0.15, 0.2) is 0 Å². The van der Waals surface area contributed by atoms with Crippen LogP contribution >= 0.6 is 0 Å². The maximum atomic E-state index is 12.9. The van der Waals surface area contributed by atoms with Gasteiger partial charge in [0.1, 0.15) is 5.78 Å². The standard InChI is InChI=1S/C19H30O/c1-18-9-5-7-14(18)17-15(8-11-18)19(2)10-4-3-6-13(19)12-16(17)20/h13-15,17H,3-12H2,1-2H3/t13-,14-,15+,17+,18-,19-/m1/s1. The van der Waals surface area contributed by atoms with Crippen molar-refractivity contribution in [2.24, 2.45) is 34.5 Å². The number of Topliss-reactive ketones (excluding diaryl/α,β-unsaturated/α-hetero) is 1. The van der Waals surface area contributed by atoms with E-state index in [1.54, 1.807) is 0 Å². The van der Waals surface area contributed by atoms with Crippen LogP contribution in [0, 0.1) is 34.5 Å². The van der Waals surface area contributed by atoms with Crippen LogP contribution in [0.1, 0.15) is 78.1 Å². The van der Waals surface area contributed by atoms with Crippen LogP contribution in [0.2, 0.25) is 0 Å². The minimum atomic E-state index is 0.440. The third-order valence-corrected chi connectivity index (χ3v) is 8.17. The average molecular weight is 274 g/mol. The predicted octanol–water partition coefficient (Wildman–Crippen LogP) is 4.99. The van der Waals surface area contributed by atoms with Gasteiger partial charge in [0.2, 0.25) is 0 Å². The molecule has 4 aliphatic carbocycles. The van der Waals surface area contributed by atoms with Crippen LogP contribution in [0.15, 0.2) is 0 Å². The van der Waals surface area contributed by atoms with Gasteiger partial charge in [-0.15, -0.1) is 0 Å². The molecule has 20 heavy (non-hydrogen) atoms. The summed E-state index contributed by atoms with van der Waals surface area (Å²) < 4.78 is 0. The van der Waals surface area contributed by atoms with Crippen LogP contribution in [-0.2, 0) is 4.79 Å². The molecule has 1 heteroatoms. The Hall–Kier alpha value is -0.330. The molecule has 0 aromatic carbocycles. The fraction of sp³-hybridized carbons (Fsp3) is 0.947. The lowest BCUT2D eigenvalue weighted by molar-refractivity contribution is -0.153. The zero-order valence-corrected chi connectivity index (χ0v) is 13.3. The quantitative estimate of drug-likeness (QED) is 0.608. The Morgan fingerprint density at radius 3 is 2.60 bits per heavy atom. The minimum absolute atomic E-state index is 0.440. The molecular weight excluding hydrogens is 244 g/mol. The number of fused-ring (bicyclic) bond motifs is 5. The van der Waals surface area contributed by atoms with Gasteiger partial charge in [-0.05, 0) is 67.1 Å². The highest BCUT2D eigenvalue weighted by molar-refractivity contribution is 5.83. The first-order valence-electron chi connectivity index (χ1n) is 9.07. The molecule has 0 radical (unpaired) electrons. The predicted molar refractivity (Wildman–Crippen MR) is 81.4 cm³/mol. The van der Waals surface area contributed by atoms with Crippen LogP contribution < -0.4 is 0 Å². The fourth-order valence-corrected chi connectivity index (χ4v) is 6.95. The zero-order chi connectivity index (χ0) is 14.0. The van der Waals surface area contributed by atoms with Crippen molar-refractivity contribution in [1.82, 2.24) is 0 Å². The van der Waals surface area contributed by atoms with Crippen LogP contribution in [-0.4, -0.2) is 5.78 Å². The van der Waals surface area contributed by atoms with Crippen molar-refractivity contribution in [2.45, 2.75) is 78.1 Å². The molecule has 0 heterocycles. The fourth-order valence-electron chi connectivity index (χ4n) is 6.95. The van der Waals surface area contributed by atoms with Crippen molar-refractivity contribution in [1.29, 1.82) is 0 Å². The maximum Gasteiger partial charge on any atom is 0.136 e. The second-order valence-corrected chi connectivity index (χ2v) is 8.94. The van der Waals surface area contributed by atoms with Gasteiger partial charge < -0.3 is 0 Å². The highest BCUT2D eigenvalue weighted by Gasteiger charge is 2.59. The molecule has 0 amide bonds. The summed E-state index contributed by atoms with van der Waals surface area (Å²) in [7, 11) is 0. The van der Waals surface area contributed by atoms with E-state index in [1.165, 1.54) is 57.8 Å². The summed E-state index contributed by atoms with van der Waals surface area (Å²) in [5.74, 6) is 3.28. The van der Waals surface area contributed by atoms with Gasteiger partial charge in [0, 0.05) is 12.3 Å². The summed E-state index contributed by atoms with van der Waals surface area (Å²) >= 11 is 0. The molecule has 4 aliphatic rings. The van der Waals surface area contributed by atoms with E-state index in [0.29, 0.717) is 22.5 Å². The lowest BCUT2D eigenvalue weighted by atomic mass is 9.45. The molecule has 0 unspecified atom stereocenters. The van der Waals surface area contributed by atoms with E-state index in [9.17, 15) is 4.79 Å². The van der Waals surface area contributed by atoms with Crippen molar-refractivity contribution in [3.63, 3.8) is 0 Å². The summed E-state index contributed by atoms with van der Waals surface area (Å²) in [5, 5.41) is 0. The summed E-state index contributed by atoms with van der Waals surface area (Å²) in [6, 6.07) is 0. The molecule has 4 rings (SSSR count). The molecule has 0 aromatic rings. The number of hydrogen-bond donors (Lipinski definition) is 0. The molecule has 1 nitrogen and oxygen atoms in total. The molecule has 4 saturated carbocycles. The molecule has 6 atom stereocenters. The molecule has 0 N–H and O–H groups in total. The Labute approximate surface area is 123 Å². The summed E-state index contributed by atoms with van der Waals surface area (Å²) in [4.78, 5) is 12.9. The SMILES string of the molecule is C[C@]12CCC[C@@H]1[C@@H]1C(=O)C[C@H]3CCCC[C@@]3(C)[C@H]1CC2. The molecule has 0 saturated heterocycles. The van der Waals surface area contributed by atoms with Crippen LogP contribution in [0.4, 0.5) is 0 Å². The Morgan fingerprint density at radius 2 is 1.75 bits per heavy atom. The minimum Gasteiger partial charge on any atom is -0.299 e. The van der Waals surface area contributed by atoms with Crippen molar-refractivity contribution >= 4 is 5.78 Å². The van der Waals surface area contributed by atoms with Gasteiger partial charge in [0.25, 0.3) is 0 Å². The number of hydrogen-bond acceptors (Lipinski definition) is 1. The number of carbonyl (C=O) groups is 1. The Bertz CT molecular complexity index is 427. The summed E-state index contributed by atoms with van der Waals surface area (Å²) in [6.07, 6.45) is 13.3. The Balaban J connectivity index is 1.71. The normalized spacial score (nSPS) is 55.0. The topological polar surface area (TPSA) is 17.1 Å². The molecule has 0 aromatic heterocycles. The smallest absolute Gasteiger partial charge is 0.136 e. The Kier molecular flexibility index (Phi) is 2.89. The zero-order valence-electron chi connectivity index (χ0n) is 13.3. The summed E-state index contributed by atoms with van der Waals surface area (Å²) in [6.45, 7) is 5.04. The van der Waals surface area contributed by atoms with Crippen molar-refractivity contribution in [3.05, 3.63) is 0 Å². The van der Waals surface area contributed by atoms with Gasteiger partial charge in [-0.1, -0.05) is 33.1 Å². The van der Waals surface area contributed by atoms with Crippen molar-refractivity contribution in [2.75, 3.05) is 0 Å². The van der Waals surface area contributed by atoms with Gasteiger partial charge >= 0.3 is 0 Å². The largest absolute Gasteiger partial charge is 0.299 e. The average Bonchev–Trinajstić information content (AvgIpc) is 2.81. The van der Waals surface area contributed by atoms with E-state index in [1.807, 2.05) is 0 Å². The monoisotopic (exact) mass is 274 g/mol. The number of rotatable bonds is 0. The molecule has 0 bridgehead atoms. The van der Waals surface area contributed by atoms with Crippen LogP contribution in [0.3, 0.4) is 0 Å². The second-order valence-electron chi connectivity index (χ2n) is 8.94. The maximum absolute atomic E-state index is 12.9. The molecule has 112 valence electrons. The van der Waals surface area contributed by atoms with E-state index >= 15 is 0 Å². The molecule has 4 fully saturated rings. The summed E-state index contributed by atoms with van der Waals surface area (Å²) in [5.41, 5.74) is 1.01. The number of ketones is 1. The lowest BCUT2D eigenvalue weighted by Crippen LogP contribution is -2.55. The van der Waals surface area contributed by atoms with Gasteiger partial charge in [-0.25, -0.2) is 0 Å². The van der Waals surface area contributed by atoms with E-state index < -0.39 is 0 Å². The third kappa shape index (κ3) is 1.64. The first-order valence-corrected chi connectivity index (χ1v) is 9.07. The van der Waals surface area contributed by atoms with Crippen LogP contribution in [0.5, 0.6) is 0 Å². The lowest BCUT2D eigenvalue weighted by Gasteiger charge is -2.59. The van der Waals surface area contributed by atoms with Gasteiger partial charge in [-0.3, -0.25) is 4.79 Å². The van der Waals surface area contributed by atoms with Gasteiger partial charge in [-0.2, -0.15) is 0 Å². The van der Waals surface area contributed by atoms with E-state index in [-0.39, 0.29) is 0 Å². The van der Waals surface area contributed by atoms with E-state index in [0.717, 1.165) is 24.2 Å². The highest BCUT2D eigenvalue weighted by Crippen LogP contribution is 2.65. The van der Waals surface area contributed by atoms with E-state index in [2.05, 4.69) is 13.8 Å². The first-order chi connectivity index (χ1) is 9.55. The van der Waals surface area contributed by atoms with Gasteiger partial charge in [0.05, 0.1) is 0 Å². The molecule has 0 aliphatic heterocycles. The third-order valence-electron chi connectivity index (χ3n) is 8.17. The Morgan fingerprint density at radius 1 is 0.900 bits per heavy atom. The van der Waals surface area contributed by atoms with E-state index in [4.69, 9.17) is 0 Å². The highest BCUT2D eigenvalue weighted by atomic mass is 16.1. The van der Waals surface area contributed by atoms with Crippen molar-refractivity contribution < 1.29 is 4.79 Å². The number of carbonyl (C=O) groups excluding carboxylic acids is 1. The van der Waals surface area contributed by atoms with Crippen molar-refractivity contribution in [3.8, 4) is 0 Å².